The molecule has 9 nitrogen and oxygen atoms in total. The van der Waals surface area contributed by atoms with E-state index in [4.69, 9.17) is 22.2 Å². The smallest absolute Gasteiger partial charge is 0.380 e. The molecule has 1 aromatic heterocycles. The highest BCUT2D eigenvalue weighted by atomic mass is 35.5. The number of carbonyl (C=O) groups excluding carboxylic acids is 1. The molecule has 2 aromatic rings. The van der Waals surface area contributed by atoms with E-state index in [0.717, 1.165) is 38.5 Å². The lowest BCUT2D eigenvalue weighted by Gasteiger charge is -2.61. The highest BCUT2D eigenvalue weighted by molar-refractivity contribution is 6.33. The number of hydrogen-bond donors (Lipinski definition) is 1. The van der Waals surface area contributed by atoms with Gasteiger partial charge >= 0.3 is 11.8 Å². The highest BCUT2D eigenvalue weighted by Gasteiger charge is 2.61. The van der Waals surface area contributed by atoms with Crippen molar-refractivity contribution in [1.29, 1.82) is 0 Å². The van der Waals surface area contributed by atoms with Crippen molar-refractivity contribution >= 4 is 29.2 Å². The second-order valence-electron chi connectivity index (χ2n) is 10.1. The van der Waals surface area contributed by atoms with Gasteiger partial charge in [-0.1, -0.05) is 47.1 Å². The molecule has 10 heteroatoms. The number of nitro groups is 1. The van der Waals surface area contributed by atoms with Gasteiger partial charge in [-0.2, -0.15) is 4.68 Å². The first kappa shape index (κ1) is 21.9. The summed E-state index contributed by atoms with van der Waals surface area (Å²) in [5.41, 5.74) is 6.65. The summed E-state index contributed by atoms with van der Waals surface area (Å²) in [6.07, 6.45) is 5.75. The van der Waals surface area contributed by atoms with Crippen molar-refractivity contribution in [2.75, 3.05) is 0 Å². The third-order valence-electron chi connectivity index (χ3n) is 7.63. The number of nitrogens with zero attached hydrogens (tertiary/aromatic N) is 4. The minimum absolute atomic E-state index is 0.0925. The van der Waals surface area contributed by atoms with Crippen molar-refractivity contribution in [3.63, 3.8) is 0 Å². The molecular weight excluding hydrogens is 446 g/mol. The van der Waals surface area contributed by atoms with Crippen LogP contribution in [0.5, 0.6) is 0 Å². The van der Waals surface area contributed by atoms with Crippen LogP contribution < -0.4 is 5.73 Å². The number of aromatic nitrogens is 2. The summed E-state index contributed by atoms with van der Waals surface area (Å²) in [5.74, 6) is 0.327. The number of nitrogens with two attached hydrogens (primary N) is 1. The van der Waals surface area contributed by atoms with Crippen LogP contribution in [-0.4, -0.2) is 26.5 Å². The predicted octanol–water partition coefficient (Wildman–Crippen LogP) is 4.30. The number of amidine groups is 1. The molecule has 1 aromatic carbocycles. The summed E-state index contributed by atoms with van der Waals surface area (Å²) in [5, 5.41) is 19.7. The molecule has 4 bridgehead atoms. The molecule has 4 aliphatic rings. The van der Waals surface area contributed by atoms with Crippen LogP contribution in [0, 0.1) is 34.3 Å². The Balaban J connectivity index is 1.38. The van der Waals surface area contributed by atoms with Crippen LogP contribution in [0.15, 0.2) is 35.5 Å². The second kappa shape index (κ2) is 7.83. The van der Waals surface area contributed by atoms with Gasteiger partial charge in [0.1, 0.15) is 0 Å². The maximum atomic E-state index is 12.8. The van der Waals surface area contributed by atoms with Gasteiger partial charge in [0.25, 0.3) is 0 Å². The van der Waals surface area contributed by atoms with E-state index in [9.17, 15) is 14.9 Å². The Morgan fingerprint density at radius 1 is 1.30 bits per heavy atom. The first-order valence-electron chi connectivity index (χ1n) is 11.2. The molecule has 2 atom stereocenters. The van der Waals surface area contributed by atoms with Crippen LogP contribution in [0.25, 0.3) is 0 Å². The van der Waals surface area contributed by atoms with Crippen molar-refractivity contribution in [2.45, 2.75) is 57.4 Å². The van der Waals surface area contributed by atoms with Crippen LogP contribution in [0.4, 0.5) is 5.82 Å². The normalized spacial score (nSPS) is 30.4. The molecule has 6 rings (SSSR count). The Bertz CT molecular complexity index is 1130. The molecule has 4 saturated carbocycles. The molecule has 4 aliphatic carbocycles. The molecule has 0 amide bonds. The summed E-state index contributed by atoms with van der Waals surface area (Å²) in [6, 6.07) is 9.14. The van der Waals surface area contributed by atoms with Crippen molar-refractivity contribution < 1.29 is 14.6 Å². The number of rotatable bonds is 6. The lowest BCUT2D eigenvalue weighted by Crippen LogP contribution is -2.57. The largest absolute Gasteiger partial charge is 0.408 e. The molecule has 174 valence electrons. The summed E-state index contributed by atoms with van der Waals surface area (Å²) in [6.45, 7) is 1.78. The van der Waals surface area contributed by atoms with E-state index in [1.807, 2.05) is 18.2 Å². The number of benzene rings is 1. The van der Waals surface area contributed by atoms with Crippen LogP contribution in [0.1, 0.15) is 56.2 Å². The Morgan fingerprint density at radius 3 is 2.58 bits per heavy atom. The van der Waals surface area contributed by atoms with E-state index < -0.39 is 10.9 Å². The van der Waals surface area contributed by atoms with Crippen molar-refractivity contribution in [3.05, 3.63) is 56.7 Å². The first-order valence-corrected chi connectivity index (χ1v) is 11.6. The lowest BCUT2D eigenvalue weighted by atomic mass is 9.46. The second-order valence-corrected chi connectivity index (χ2v) is 10.4. The number of oxime groups is 1. The Labute approximate surface area is 196 Å². The van der Waals surface area contributed by atoms with Gasteiger partial charge in [0.05, 0.1) is 22.8 Å². The summed E-state index contributed by atoms with van der Waals surface area (Å²) in [7, 11) is 0. The summed E-state index contributed by atoms with van der Waals surface area (Å²) >= 11 is 6.26. The van der Waals surface area contributed by atoms with Crippen LogP contribution in [-0.2, 0) is 15.2 Å². The minimum atomic E-state index is -0.533. The zero-order valence-corrected chi connectivity index (χ0v) is 19.1. The topological polar surface area (TPSA) is 126 Å². The number of carbonyl (C=O) groups is 1. The van der Waals surface area contributed by atoms with Crippen LogP contribution in [0.2, 0.25) is 5.02 Å². The minimum Gasteiger partial charge on any atom is -0.380 e. The van der Waals surface area contributed by atoms with E-state index >= 15 is 0 Å². The van der Waals surface area contributed by atoms with E-state index in [2.05, 4.69) is 10.3 Å². The van der Waals surface area contributed by atoms with Crippen molar-refractivity contribution in [2.24, 2.45) is 28.1 Å². The van der Waals surface area contributed by atoms with Gasteiger partial charge in [0.2, 0.25) is 0 Å². The fourth-order valence-electron chi connectivity index (χ4n) is 7.00. The fraction of sp³-hybridized carbons (Fsp3) is 0.522. The first-order chi connectivity index (χ1) is 15.7. The summed E-state index contributed by atoms with van der Waals surface area (Å²) in [4.78, 5) is 28.9. The molecule has 0 aliphatic heterocycles. The highest BCUT2D eigenvalue weighted by Crippen LogP contribution is 2.65. The molecule has 0 saturated heterocycles. The Kier molecular flexibility index (Phi) is 5.19. The van der Waals surface area contributed by atoms with E-state index in [-0.39, 0.29) is 34.1 Å². The maximum absolute atomic E-state index is 12.8. The zero-order valence-electron chi connectivity index (χ0n) is 18.4. The van der Waals surface area contributed by atoms with Crippen molar-refractivity contribution in [1.82, 2.24) is 9.78 Å². The van der Waals surface area contributed by atoms with E-state index in [0.29, 0.717) is 23.1 Å². The quantitative estimate of drug-likeness (QED) is 0.220. The predicted molar refractivity (Wildman–Crippen MR) is 122 cm³/mol. The zero-order chi connectivity index (χ0) is 23.4. The molecule has 0 radical (unpaired) electrons. The third kappa shape index (κ3) is 3.78. The summed E-state index contributed by atoms with van der Waals surface area (Å²) < 4.78 is 1.79. The average Bonchev–Trinajstić information content (AvgIpc) is 3.07. The Hall–Kier alpha value is -2.94. The molecule has 0 spiro atoms. The van der Waals surface area contributed by atoms with E-state index in [1.165, 1.54) is 0 Å². The van der Waals surface area contributed by atoms with Gasteiger partial charge in [0.15, 0.2) is 10.9 Å². The van der Waals surface area contributed by atoms with Gasteiger partial charge in [0, 0.05) is 5.56 Å². The van der Waals surface area contributed by atoms with Gasteiger partial charge < -0.3 is 20.7 Å². The van der Waals surface area contributed by atoms with Gasteiger partial charge in [-0.25, -0.2) is 4.79 Å². The monoisotopic (exact) mass is 471 g/mol. The lowest BCUT2D eigenvalue weighted by molar-refractivity contribution is -0.389. The number of halogens is 1. The molecular formula is C23H26ClN5O4. The average molecular weight is 472 g/mol. The molecule has 4 fully saturated rings. The number of hydrogen-bond acceptors (Lipinski definition) is 6. The van der Waals surface area contributed by atoms with Gasteiger partial charge in [-0.15, -0.1) is 0 Å². The Morgan fingerprint density at radius 2 is 1.97 bits per heavy atom. The van der Waals surface area contributed by atoms with Crippen LogP contribution in [0.3, 0.4) is 0 Å². The molecule has 2 unspecified atom stereocenters. The molecule has 1 heterocycles. The molecule has 2 N–H and O–H groups in total. The SMILES string of the molecule is Cc1c(Cl)c([N+](=O)[O-])nn1C12CC3CC(CC(CC(=O)O/N=C(\N)c4ccccc4)(C3)C1)C2. The molecule has 33 heavy (non-hydrogen) atoms. The maximum Gasteiger partial charge on any atom is 0.408 e. The standard InChI is InChI=1S/C23H26ClN5O4/c1-14-19(24)21(29(31)32)26-28(14)23-10-15-7-16(11-23)9-22(8-15,13-23)12-18(30)33-27-20(25)17-5-3-2-4-6-17/h2-6,15-16H,7-13H2,1H3,(H2,25,27). The third-order valence-corrected chi connectivity index (χ3v) is 8.08. The van der Waals surface area contributed by atoms with Crippen molar-refractivity contribution in [3.8, 4) is 0 Å². The van der Waals surface area contributed by atoms with Gasteiger partial charge in [-0.3, -0.25) is 0 Å². The van der Waals surface area contributed by atoms with Gasteiger partial charge in [-0.05, 0) is 67.6 Å². The van der Waals surface area contributed by atoms with Crippen LogP contribution >= 0.6 is 11.6 Å². The van der Waals surface area contributed by atoms with E-state index in [1.54, 1.807) is 23.7 Å². The fourth-order valence-corrected chi connectivity index (χ4v) is 7.19.